The Bertz CT molecular complexity index is 759. The molecule has 2 aliphatic heterocycles. The quantitative estimate of drug-likeness (QED) is 0.795. The van der Waals surface area contributed by atoms with E-state index in [1.54, 1.807) is 0 Å². The SMILES string of the molecule is O=C([C@H]1COc2ccc(Cl)cc2C1)N1CCCc2ccccc21. The number of benzene rings is 2. The van der Waals surface area contributed by atoms with E-state index in [4.69, 9.17) is 16.3 Å². The topological polar surface area (TPSA) is 29.5 Å². The molecule has 4 heteroatoms. The van der Waals surface area contributed by atoms with Gasteiger partial charge in [0.1, 0.15) is 12.4 Å². The molecule has 0 aromatic heterocycles. The van der Waals surface area contributed by atoms with Gasteiger partial charge < -0.3 is 9.64 Å². The molecule has 1 amide bonds. The summed E-state index contributed by atoms with van der Waals surface area (Å²) in [7, 11) is 0. The summed E-state index contributed by atoms with van der Waals surface area (Å²) in [5, 5.41) is 0.684. The summed E-state index contributed by atoms with van der Waals surface area (Å²) >= 11 is 6.07. The van der Waals surface area contributed by atoms with Crippen LogP contribution in [0.5, 0.6) is 5.75 Å². The van der Waals surface area contributed by atoms with Crippen LogP contribution in [-0.2, 0) is 17.6 Å². The summed E-state index contributed by atoms with van der Waals surface area (Å²) in [4.78, 5) is 15.0. The Morgan fingerprint density at radius 1 is 1.17 bits per heavy atom. The van der Waals surface area contributed by atoms with Crippen LogP contribution in [0.15, 0.2) is 42.5 Å². The Labute approximate surface area is 140 Å². The molecule has 0 N–H and O–H groups in total. The molecule has 2 aromatic carbocycles. The summed E-state index contributed by atoms with van der Waals surface area (Å²) in [5.74, 6) is 0.854. The zero-order valence-electron chi connectivity index (χ0n) is 12.8. The van der Waals surface area contributed by atoms with Gasteiger partial charge in [-0.3, -0.25) is 4.79 Å². The van der Waals surface area contributed by atoms with Crippen LogP contribution in [0, 0.1) is 5.92 Å². The van der Waals surface area contributed by atoms with Crippen molar-refractivity contribution in [3.63, 3.8) is 0 Å². The number of hydrogen-bond donors (Lipinski definition) is 0. The minimum absolute atomic E-state index is 0.146. The van der Waals surface area contributed by atoms with E-state index in [9.17, 15) is 4.79 Å². The van der Waals surface area contributed by atoms with E-state index in [1.165, 1.54) is 5.56 Å². The maximum absolute atomic E-state index is 13.0. The maximum Gasteiger partial charge on any atom is 0.233 e. The number of rotatable bonds is 1. The number of nitrogens with zero attached hydrogens (tertiary/aromatic N) is 1. The van der Waals surface area contributed by atoms with E-state index in [-0.39, 0.29) is 11.8 Å². The molecule has 0 bridgehead atoms. The fourth-order valence-corrected chi connectivity index (χ4v) is 3.70. The molecule has 118 valence electrons. The first-order chi connectivity index (χ1) is 11.2. The van der Waals surface area contributed by atoms with Gasteiger partial charge in [-0.2, -0.15) is 0 Å². The van der Waals surface area contributed by atoms with Crippen LogP contribution in [0.1, 0.15) is 17.5 Å². The number of ether oxygens (including phenoxy) is 1. The predicted octanol–water partition coefficient (Wildman–Crippen LogP) is 3.87. The van der Waals surface area contributed by atoms with Crippen molar-refractivity contribution in [1.82, 2.24) is 0 Å². The molecule has 23 heavy (non-hydrogen) atoms. The molecule has 0 fully saturated rings. The number of anilines is 1. The zero-order valence-corrected chi connectivity index (χ0v) is 13.6. The third-order valence-electron chi connectivity index (χ3n) is 4.65. The fourth-order valence-electron chi connectivity index (χ4n) is 3.50. The van der Waals surface area contributed by atoms with E-state index < -0.39 is 0 Å². The molecule has 2 heterocycles. The van der Waals surface area contributed by atoms with Crippen molar-refractivity contribution in [3.05, 3.63) is 58.6 Å². The monoisotopic (exact) mass is 327 g/mol. The predicted molar refractivity (Wildman–Crippen MR) is 91.3 cm³/mol. The highest BCUT2D eigenvalue weighted by Crippen LogP contribution is 2.33. The van der Waals surface area contributed by atoms with Gasteiger partial charge in [0.15, 0.2) is 0 Å². The third-order valence-corrected chi connectivity index (χ3v) is 4.89. The Morgan fingerprint density at radius 2 is 2.04 bits per heavy atom. The summed E-state index contributed by atoms with van der Waals surface area (Å²) in [5.41, 5.74) is 3.33. The Kier molecular flexibility index (Phi) is 3.74. The number of carbonyl (C=O) groups excluding carboxylic acids is 1. The van der Waals surface area contributed by atoms with Gasteiger partial charge in [-0.15, -0.1) is 0 Å². The summed E-state index contributed by atoms with van der Waals surface area (Å²) < 4.78 is 5.78. The molecule has 0 aliphatic carbocycles. The third kappa shape index (κ3) is 2.70. The van der Waals surface area contributed by atoms with Gasteiger partial charge in [-0.1, -0.05) is 29.8 Å². The molecule has 4 rings (SSSR count). The minimum Gasteiger partial charge on any atom is -0.492 e. The standard InChI is InChI=1S/C19H18ClNO2/c20-16-7-8-18-14(11-16)10-15(12-23-18)19(22)21-9-3-5-13-4-1-2-6-17(13)21/h1-2,4,6-8,11,15H,3,5,9-10,12H2/t15-/m1/s1. The molecule has 2 aromatic rings. The van der Waals surface area contributed by atoms with Crippen LogP contribution in [0.3, 0.4) is 0 Å². The number of halogens is 1. The van der Waals surface area contributed by atoms with Crippen LogP contribution in [0.25, 0.3) is 0 Å². The number of fused-ring (bicyclic) bond motifs is 2. The highest BCUT2D eigenvalue weighted by molar-refractivity contribution is 6.30. The fraction of sp³-hybridized carbons (Fsp3) is 0.316. The Hall–Kier alpha value is -2.00. The van der Waals surface area contributed by atoms with Crippen LogP contribution >= 0.6 is 11.6 Å². The summed E-state index contributed by atoms with van der Waals surface area (Å²) in [6.07, 6.45) is 2.74. The largest absolute Gasteiger partial charge is 0.492 e. The number of para-hydroxylation sites is 1. The van der Waals surface area contributed by atoms with E-state index in [0.717, 1.165) is 36.4 Å². The highest BCUT2D eigenvalue weighted by atomic mass is 35.5. The van der Waals surface area contributed by atoms with Gasteiger partial charge >= 0.3 is 0 Å². The normalized spacial score (nSPS) is 19.5. The van der Waals surface area contributed by atoms with Crippen LogP contribution in [0.4, 0.5) is 5.69 Å². The molecule has 2 aliphatic rings. The molecular weight excluding hydrogens is 310 g/mol. The van der Waals surface area contributed by atoms with Gasteiger partial charge in [-0.05, 0) is 54.7 Å². The first kappa shape index (κ1) is 14.6. The number of aryl methyl sites for hydroxylation is 1. The lowest BCUT2D eigenvalue weighted by atomic mass is 9.93. The minimum atomic E-state index is -0.146. The number of hydrogen-bond acceptors (Lipinski definition) is 2. The van der Waals surface area contributed by atoms with Crippen LogP contribution in [-0.4, -0.2) is 19.1 Å². The molecule has 0 saturated carbocycles. The Balaban J connectivity index is 1.59. The smallest absolute Gasteiger partial charge is 0.233 e. The summed E-state index contributed by atoms with van der Waals surface area (Å²) in [6, 6.07) is 13.8. The summed E-state index contributed by atoms with van der Waals surface area (Å²) in [6.45, 7) is 1.22. The lowest BCUT2D eigenvalue weighted by Gasteiger charge is -2.34. The first-order valence-corrected chi connectivity index (χ1v) is 8.40. The van der Waals surface area contributed by atoms with Gasteiger partial charge in [0.25, 0.3) is 0 Å². The van der Waals surface area contributed by atoms with E-state index in [2.05, 4.69) is 6.07 Å². The lowest BCUT2D eigenvalue weighted by Crippen LogP contribution is -2.43. The van der Waals surface area contributed by atoms with Crippen LogP contribution in [0.2, 0.25) is 5.02 Å². The van der Waals surface area contributed by atoms with Gasteiger partial charge in [-0.25, -0.2) is 0 Å². The van der Waals surface area contributed by atoms with Gasteiger partial charge in [0.05, 0.1) is 5.92 Å². The van der Waals surface area contributed by atoms with Crippen LogP contribution < -0.4 is 9.64 Å². The highest BCUT2D eigenvalue weighted by Gasteiger charge is 2.32. The molecular formula is C19H18ClNO2. The van der Waals surface area contributed by atoms with Crippen molar-refractivity contribution in [1.29, 1.82) is 0 Å². The van der Waals surface area contributed by atoms with E-state index in [1.807, 2.05) is 41.3 Å². The van der Waals surface area contributed by atoms with Crippen molar-refractivity contribution < 1.29 is 9.53 Å². The van der Waals surface area contributed by atoms with Crippen molar-refractivity contribution in [2.45, 2.75) is 19.3 Å². The molecule has 1 atom stereocenters. The average molecular weight is 328 g/mol. The van der Waals surface area contributed by atoms with E-state index in [0.29, 0.717) is 18.1 Å². The molecule has 0 spiro atoms. The lowest BCUT2D eigenvalue weighted by molar-refractivity contribution is -0.123. The van der Waals surface area contributed by atoms with Gasteiger partial charge in [0.2, 0.25) is 5.91 Å². The van der Waals surface area contributed by atoms with Crippen molar-refractivity contribution in [3.8, 4) is 5.75 Å². The molecule has 0 unspecified atom stereocenters. The van der Waals surface area contributed by atoms with Crippen molar-refractivity contribution >= 4 is 23.2 Å². The maximum atomic E-state index is 13.0. The van der Waals surface area contributed by atoms with Crippen molar-refractivity contribution in [2.75, 3.05) is 18.1 Å². The second-order valence-corrected chi connectivity index (χ2v) is 6.62. The van der Waals surface area contributed by atoms with Gasteiger partial charge in [0, 0.05) is 17.3 Å². The molecule has 0 radical (unpaired) electrons. The molecule has 0 saturated heterocycles. The number of amides is 1. The van der Waals surface area contributed by atoms with Crippen molar-refractivity contribution in [2.24, 2.45) is 5.92 Å². The van der Waals surface area contributed by atoms with E-state index >= 15 is 0 Å². The Morgan fingerprint density at radius 3 is 2.96 bits per heavy atom. The second kappa shape index (κ2) is 5.89. The average Bonchev–Trinajstić information content (AvgIpc) is 2.60. The zero-order chi connectivity index (χ0) is 15.8. The second-order valence-electron chi connectivity index (χ2n) is 6.19. The first-order valence-electron chi connectivity index (χ1n) is 8.03. The number of carbonyl (C=O) groups is 1. The molecule has 3 nitrogen and oxygen atoms in total.